The highest BCUT2D eigenvalue weighted by atomic mass is 35.5. The summed E-state index contributed by atoms with van der Waals surface area (Å²) in [5, 5.41) is 0. The van der Waals surface area contributed by atoms with Gasteiger partial charge in [0.15, 0.2) is 0 Å². The lowest BCUT2D eigenvalue weighted by Gasteiger charge is -2.29. The van der Waals surface area contributed by atoms with E-state index in [0.29, 0.717) is 12.5 Å². The van der Waals surface area contributed by atoms with Gasteiger partial charge in [0.25, 0.3) is 5.91 Å². The van der Waals surface area contributed by atoms with Crippen LogP contribution in [0, 0.1) is 5.92 Å². The number of nitrogens with zero attached hydrogens (tertiary/aromatic N) is 2. The number of carbonyl (C=O) groups excluding carboxylic acids is 1. The molecule has 5 nitrogen and oxygen atoms in total. The number of nitrogens with two attached hydrogens (primary N) is 1. The Morgan fingerprint density at radius 2 is 1.87 bits per heavy atom. The second-order valence-electron chi connectivity index (χ2n) is 6.22. The maximum absolute atomic E-state index is 12.5. The molecule has 2 aliphatic heterocycles. The molecule has 1 atom stereocenters. The molecule has 2 heterocycles. The third-order valence-corrected chi connectivity index (χ3v) is 4.63. The third kappa shape index (κ3) is 4.67. The molecule has 1 aromatic rings. The molecule has 2 fully saturated rings. The second kappa shape index (κ2) is 8.64. The SMILES string of the molecule is Cl.NCc1ccc(C(=O)N2CCC(CN3CCOCC3)C2)cc1. The largest absolute Gasteiger partial charge is 0.379 e. The lowest BCUT2D eigenvalue weighted by molar-refractivity contribution is 0.0310. The first-order valence-electron chi connectivity index (χ1n) is 8.14. The van der Waals surface area contributed by atoms with Crippen molar-refractivity contribution in [2.45, 2.75) is 13.0 Å². The number of amides is 1. The molecule has 2 N–H and O–H groups in total. The number of morpholine rings is 1. The molecule has 0 aliphatic carbocycles. The van der Waals surface area contributed by atoms with Crippen LogP contribution in [0.4, 0.5) is 0 Å². The van der Waals surface area contributed by atoms with E-state index in [1.807, 2.05) is 29.2 Å². The molecular formula is C17H26ClN3O2. The summed E-state index contributed by atoms with van der Waals surface area (Å²) in [6.07, 6.45) is 1.10. The molecule has 3 rings (SSSR count). The van der Waals surface area contributed by atoms with E-state index in [0.717, 1.165) is 63.5 Å². The van der Waals surface area contributed by atoms with E-state index in [-0.39, 0.29) is 18.3 Å². The summed E-state index contributed by atoms with van der Waals surface area (Å²) in [6.45, 7) is 7.04. The normalized spacial score (nSPS) is 22.0. The lowest BCUT2D eigenvalue weighted by atomic mass is 10.1. The topological polar surface area (TPSA) is 58.8 Å². The van der Waals surface area contributed by atoms with Crippen LogP contribution in [0.25, 0.3) is 0 Å². The fraction of sp³-hybridized carbons (Fsp3) is 0.588. The monoisotopic (exact) mass is 339 g/mol. The molecule has 0 bridgehead atoms. The summed E-state index contributed by atoms with van der Waals surface area (Å²) < 4.78 is 5.39. The fourth-order valence-corrected chi connectivity index (χ4v) is 3.28. The van der Waals surface area contributed by atoms with Crippen molar-refractivity contribution in [1.29, 1.82) is 0 Å². The van der Waals surface area contributed by atoms with Gasteiger partial charge in [-0.25, -0.2) is 0 Å². The van der Waals surface area contributed by atoms with Crippen LogP contribution in [0.5, 0.6) is 0 Å². The molecule has 23 heavy (non-hydrogen) atoms. The Balaban J connectivity index is 0.00000192. The van der Waals surface area contributed by atoms with Gasteiger partial charge in [-0.1, -0.05) is 12.1 Å². The zero-order valence-corrected chi connectivity index (χ0v) is 14.3. The van der Waals surface area contributed by atoms with Gasteiger partial charge in [0.2, 0.25) is 0 Å². The van der Waals surface area contributed by atoms with E-state index >= 15 is 0 Å². The van der Waals surface area contributed by atoms with Gasteiger partial charge in [0.05, 0.1) is 13.2 Å². The lowest BCUT2D eigenvalue weighted by Crippen LogP contribution is -2.40. The van der Waals surface area contributed by atoms with E-state index in [1.165, 1.54) is 0 Å². The first-order valence-corrected chi connectivity index (χ1v) is 8.14. The smallest absolute Gasteiger partial charge is 0.253 e. The Labute approximate surface area is 144 Å². The Morgan fingerprint density at radius 1 is 1.17 bits per heavy atom. The van der Waals surface area contributed by atoms with Crippen LogP contribution in [-0.2, 0) is 11.3 Å². The highest BCUT2D eigenvalue weighted by Crippen LogP contribution is 2.20. The van der Waals surface area contributed by atoms with Gasteiger partial charge in [-0.2, -0.15) is 0 Å². The highest BCUT2D eigenvalue weighted by molar-refractivity contribution is 5.94. The second-order valence-corrected chi connectivity index (χ2v) is 6.22. The van der Waals surface area contributed by atoms with E-state index in [2.05, 4.69) is 4.90 Å². The minimum Gasteiger partial charge on any atom is -0.379 e. The van der Waals surface area contributed by atoms with Gasteiger partial charge >= 0.3 is 0 Å². The van der Waals surface area contributed by atoms with Crippen LogP contribution in [0.2, 0.25) is 0 Å². The number of benzene rings is 1. The van der Waals surface area contributed by atoms with E-state index < -0.39 is 0 Å². The van der Waals surface area contributed by atoms with Gasteiger partial charge < -0.3 is 15.4 Å². The summed E-state index contributed by atoms with van der Waals surface area (Å²) in [5.41, 5.74) is 7.42. The Kier molecular flexibility index (Phi) is 6.84. The van der Waals surface area contributed by atoms with Crippen molar-refractivity contribution in [3.63, 3.8) is 0 Å². The third-order valence-electron chi connectivity index (χ3n) is 4.63. The molecule has 0 aromatic heterocycles. The highest BCUT2D eigenvalue weighted by Gasteiger charge is 2.28. The van der Waals surface area contributed by atoms with Gasteiger partial charge in [0.1, 0.15) is 0 Å². The minimum absolute atomic E-state index is 0. The first kappa shape index (κ1) is 18.2. The Bertz CT molecular complexity index is 503. The number of likely N-dealkylation sites (tertiary alicyclic amines) is 1. The zero-order chi connectivity index (χ0) is 15.4. The average molecular weight is 340 g/mol. The average Bonchev–Trinajstić information content (AvgIpc) is 3.04. The van der Waals surface area contributed by atoms with Crippen molar-refractivity contribution in [1.82, 2.24) is 9.80 Å². The van der Waals surface area contributed by atoms with Gasteiger partial charge in [-0.15, -0.1) is 12.4 Å². The number of hydrogen-bond acceptors (Lipinski definition) is 4. The molecule has 0 radical (unpaired) electrons. The molecule has 1 unspecified atom stereocenters. The van der Waals surface area contributed by atoms with Crippen molar-refractivity contribution < 1.29 is 9.53 Å². The van der Waals surface area contributed by atoms with Crippen LogP contribution in [0.1, 0.15) is 22.3 Å². The molecule has 2 aliphatic rings. The van der Waals surface area contributed by atoms with Gasteiger partial charge in [0, 0.05) is 44.8 Å². The standard InChI is InChI=1S/C17H25N3O2.ClH/c18-11-14-1-3-16(4-2-14)17(21)20-6-5-15(13-20)12-19-7-9-22-10-8-19;/h1-4,15H,5-13,18H2;1H. The van der Waals surface area contributed by atoms with E-state index in [1.54, 1.807) is 0 Å². The van der Waals surface area contributed by atoms with Crippen LogP contribution in [0.3, 0.4) is 0 Å². The summed E-state index contributed by atoms with van der Waals surface area (Å²) in [6, 6.07) is 7.66. The summed E-state index contributed by atoms with van der Waals surface area (Å²) in [4.78, 5) is 17.0. The van der Waals surface area contributed by atoms with Crippen LogP contribution >= 0.6 is 12.4 Å². The molecule has 1 aromatic carbocycles. The van der Waals surface area contributed by atoms with Gasteiger partial charge in [-0.3, -0.25) is 9.69 Å². The van der Waals surface area contributed by atoms with Crippen LogP contribution < -0.4 is 5.73 Å². The molecule has 0 spiro atoms. The van der Waals surface area contributed by atoms with Crippen LogP contribution in [-0.4, -0.2) is 61.6 Å². The predicted molar refractivity (Wildman–Crippen MR) is 92.9 cm³/mol. The number of ether oxygens (including phenoxy) is 1. The van der Waals surface area contributed by atoms with Crippen molar-refractivity contribution in [2.75, 3.05) is 45.9 Å². The minimum atomic E-state index is 0. The fourth-order valence-electron chi connectivity index (χ4n) is 3.28. The Morgan fingerprint density at radius 3 is 2.52 bits per heavy atom. The maximum atomic E-state index is 12.5. The number of hydrogen-bond donors (Lipinski definition) is 1. The molecule has 2 saturated heterocycles. The van der Waals surface area contributed by atoms with Crippen molar-refractivity contribution >= 4 is 18.3 Å². The quantitative estimate of drug-likeness (QED) is 0.900. The molecule has 128 valence electrons. The van der Waals surface area contributed by atoms with Gasteiger partial charge in [-0.05, 0) is 30.0 Å². The number of halogens is 1. The predicted octanol–water partition coefficient (Wildman–Crippen LogP) is 1.36. The van der Waals surface area contributed by atoms with Crippen molar-refractivity contribution in [3.05, 3.63) is 35.4 Å². The maximum Gasteiger partial charge on any atom is 0.253 e. The molecule has 6 heteroatoms. The van der Waals surface area contributed by atoms with E-state index in [4.69, 9.17) is 10.5 Å². The summed E-state index contributed by atoms with van der Waals surface area (Å²) >= 11 is 0. The van der Waals surface area contributed by atoms with E-state index in [9.17, 15) is 4.79 Å². The summed E-state index contributed by atoms with van der Waals surface area (Å²) in [7, 11) is 0. The van der Waals surface area contributed by atoms with Crippen LogP contribution in [0.15, 0.2) is 24.3 Å². The summed E-state index contributed by atoms with van der Waals surface area (Å²) in [5.74, 6) is 0.735. The Hall–Kier alpha value is -1.14. The number of rotatable bonds is 4. The van der Waals surface area contributed by atoms with Crippen molar-refractivity contribution in [3.8, 4) is 0 Å². The van der Waals surface area contributed by atoms with Crippen molar-refractivity contribution in [2.24, 2.45) is 11.7 Å². The first-order chi connectivity index (χ1) is 10.8. The molecule has 0 saturated carbocycles. The number of carbonyl (C=O) groups is 1. The molecule has 1 amide bonds. The molecular weight excluding hydrogens is 314 g/mol. The zero-order valence-electron chi connectivity index (χ0n) is 13.4.